The highest BCUT2D eigenvalue weighted by Gasteiger charge is 2.32. The van der Waals surface area contributed by atoms with Crippen molar-refractivity contribution < 1.29 is 14.8 Å². The van der Waals surface area contributed by atoms with Crippen molar-refractivity contribution in [3.63, 3.8) is 0 Å². The molecule has 1 fully saturated rings. The van der Waals surface area contributed by atoms with Crippen LogP contribution in [0.4, 0.5) is 5.69 Å². The van der Waals surface area contributed by atoms with E-state index in [2.05, 4.69) is 0 Å². The molecule has 0 aromatic heterocycles. The van der Waals surface area contributed by atoms with Gasteiger partial charge in [0.05, 0.1) is 4.92 Å². The summed E-state index contributed by atoms with van der Waals surface area (Å²) in [4.78, 5) is 24.6. The van der Waals surface area contributed by atoms with Gasteiger partial charge in [-0.2, -0.15) is 11.8 Å². The third-order valence-electron chi connectivity index (χ3n) is 3.55. The summed E-state index contributed by atoms with van der Waals surface area (Å²) in [6, 6.07) is 3.55. The summed E-state index contributed by atoms with van der Waals surface area (Å²) in [5, 5.41) is 20.8. The smallest absolute Gasteiger partial charge is 0.282 e. The maximum atomic E-state index is 12.5. The molecule has 2 rings (SSSR count). The normalized spacial score (nSPS) is 22.6. The van der Waals surface area contributed by atoms with E-state index in [9.17, 15) is 20.0 Å². The third-order valence-corrected chi connectivity index (χ3v) is 4.89. The highest BCUT2D eigenvalue weighted by molar-refractivity contribution is 8.00. The van der Waals surface area contributed by atoms with Gasteiger partial charge < -0.3 is 10.0 Å². The van der Waals surface area contributed by atoms with Gasteiger partial charge in [0.25, 0.3) is 11.6 Å². The standard InChI is InChI=1S/C13H16N2O4S/c1-8-9(2)20-6-5-14(8)13(17)11-7-10(16)3-4-12(11)15(18)19/h3-4,7-9,16H,5-6H2,1-2H3. The predicted octanol–water partition coefficient (Wildman–Crippen LogP) is 2.27. The lowest BCUT2D eigenvalue weighted by Crippen LogP contribution is -2.48. The number of aromatic hydroxyl groups is 1. The van der Waals surface area contributed by atoms with E-state index >= 15 is 0 Å². The Balaban J connectivity index is 2.37. The Hall–Kier alpha value is -1.76. The van der Waals surface area contributed by atoms with Crippen molar-refractivity contribution in [2.45, 2.75) is 25.1 Å². The Bertz CT molecular complexity index is 549. The Kier molecular flexibility index (Phi) is 4.17. The fourth-order valence-electron chi connectivity index (χ4n) is 2.23. The second-order valence-electron chi connectivity index (χ2n) is 4.77. The van der Waals surface area contributed by atoms with Crippen LogP contribution in [-0.4, -0.2) is 44.4 Å². The number of hydrogen-bond acceptors (Lipinski definition) is 5. The molecule has 1 aromatic carbocycles. The van der Waals surface area contributed by atoms with Crippen molar-refractivity contribution in [3.05, 3.63) is 33.9 Å². The first-order valence-corrected chi connectivity index (χ1v) is 7.36. The molecule has 0 spiro atoms. The monoisotopic (exact) mass is 296 g/mol. The maximum Gasteiger partial charge on any atom is 0.282 e. The number of amides is 1. The molecule has 1 amide bonds. The number of nitro groups is 1. The van der Waals surface area contributed by atoms with Gasteiger partial charge in [0, 0.05) is 29.7 Å². The molecule has 1 aliphatic heterocycles. The number of rotatable bonds is 2. The molecule has 20 heavy (non-hydrogen) atoms. The molecule has 1 aliphatic rings. The average Bonchev–Trinajstić information content (AvgIpc) is 2.40. The summed E-state index contributed by atoms with van der Waals surface area (Å²) in [6.07, 6.45) is 0. The molecular formula is C13H16N2O4S. The summed E-state index contributed by atoms with van der Waals surface area (Å²) in [7, 11) is 0. The molecule has 7 heteroatoms. The molecule has 2 unspecified atom stereocenters. The number of phenols is 1. The molecule has 0 bridgehead atoms. The van der Waals surface area contributed by atoms with E-state index in [0.29, 0.717) is 6.54 Å². The van der Waals surface area contributed by atoms with Crippen LogP contribution in [0, 0.1) is 10.1 Å². The number of phenolic OH excluding ortho intramolecular Hbond substituents is 1. The number of benzene rings is 1. The summed E-state index contributed by atoms with van der Waals surface area (Å²) >= 11 is 1.78. The zero-order valence-electron chi connectivity index (χ0n) is 11.3. The molecule has 6 nitrogen and oxygen atoms in total. The van der Waals surface area contributed by atoms with Gasteiger partial charge in [-0.05, 0) is 19.1 Å². The summed E-state index contributed by atoms with van der Waals surface area (Å²) in [5.41, 5.74) is -0.327. The second kappa shape index (κ2) is 5.70. The lowest BCUT2D eigenvalue weighted by atomic mass is 10.1. The SMILES string of the molecule is CC1SCCN(C(=O)c2cc(O)ccc2[N+](=O)[O-])C1C. The van der Waals surface area contributed by atoms with Crippen LogP contribution in [0.25, 0.3) is 0 Å². The van der Waals surface area contributed by atoms with Crippen LogP contribution in [0.5, 0.6) is 5.75 Å². The topological polar surface area (TPSA) is 83.7 Å². The lowest BCUT2D eigenvalue weighted by molar-refractivity contribution is -0.385. The van der Waals surface area contributed by atoms with E-state index in [1.165, 1.54) is 12.1 Å². The zero-order chi connectivity index (χ0) is 14.9. The quantitative estimate of drug-likeness (QED) is 0.668. The lowest BCUT2D eigenvalue weighted by Gasteiger charge is -2.37. The molecule has 0 saturated carbocycles. The van der Waals surface area contributed by atoms with Crippen LogP contribution < -0.4 is 0 Å². The van der Waals surface area contributed by atoms with E-state index in [0.717, 1.165) is 11.8 Å². The van der Waals surface area contributed by atoms with E-state index in [1.54, 1.807) is 16.7 Å². The Morgan fingerprint density at radius 3 is 2.85 bits per heavy atom. The van der Waals surface area contributed by atoms with Gasteiger partial charge in [-0.1, -0.05) is 6.92 Å². The average molecular weight is 296 g/mol. The van der Waals surface area contributed by atoms with Gasteiger partial charge in [0.1, 0.15) is 11.3 Å². The fraction of sp³-hybridized carbons (Fsp3) is 0.462. The zero-order valence-corrected chi connectivity index (χ0v) is 12.1. The predicted molar refractivity (Wildman–Crippen MR) is 77.2 cm³/mol. The first kappa shape index (κ1) is 14.6. The number of nitrogens with zero attached hydrogens (tertiary/aromatic N) is 2. The Labute approximate surface area is 120 Å². The first-order chi connectivity index (χ1) is 9.41. The highest BCUT2D eigenvalue weighted by Crippen LogP contribution is 2.29. The maximum absolute atomic E-state index is 12.5. The molecule has 0 aliphatic carbocycles. The van der Waals surface area contributed by atoms with Gasteiger partial charge in [-0.3, -0.25) is 14.9 Å². The third kappa shape index (κ3) is 2.72. The van der Waals surface area contributed by atoms with Crippen molar-refractivity contribution in [1.82, 2.24) is 4.90 Å². The molecule has 2 atom stereocenters. The molecule has 1 N–H and O–H groups in total. The minimum Gasteiger partial charge on any atom is -0.508 e. The minimum absolute atomic E-state index is 0.00297. The number of thioether (sulfide) groups is 1. The van der Waals surface area contributed by atoms with Gasteiger partial charge in [-0.25, -0.2) is 0 Å². The summed E-state index contributed by atoms with van der Waals surface area (Å²) in [5.74, 6) is 0.266. The number of carbonyl (C=O) groups is 1. The first-order valence-electron chi connectivity index (χ1n) is 6.31. The van der Waals surface area contributed by atoms with E-state index in [4.69, 9.17) is 0 Å². The van der Waals surface area contributed by atoms with Crippen molar-refractivity contribution >= 4 is 23.4 Å². The van der Waals surface area contributed by atoms with Crippen molar-refractivity contribution in [3.8, 4) is 5.75 Å². The molecule has 1 heterocycles. The number of hydrogen-bond donors (Lipinski definition) is 1. The van der Waals surface area contributed by atoms with Crippen LogP contribution in [0.1, 0.15) is 24.2 Å². The van der Waals surface area contributed by atoms with Gasteiger partial charge in [0.2, 0.25) is 0 Å². The Morgan fingerprint density at radius 2 is 2.20 bits per heavy atom. The summed E-state index contributed by atoms with van der Waals surface area (Å²) in [6.45, 7) is 4.52. The molecule has 1 aromatic rings. The molecule has 108 valence electrons. The van der Waals surface area contributed by atoms with Gasteiger partial charge in [0.15, 0.2) is 0 Å². The van der Waals surface area contributed by atoms with Crippen LogP contribution in [0.15, 0.2) is 18.2 Å². The Morgan fingerprint density at radius 1 is 1.50 bits per heavy atom. The van der Waals surface area contributed by atoms with Crippen LogP contribution >= 0.6 is 11.8 Å². The summed E-state index contributed by atoms with van der Waals surface area (Å²) < 4.78 is 0. The number of carbonyl (C=O) groups excluding carboxylic acids is 1. The van der Waals surface area contributed by atoms with E-state index in [1.807, 2.05) is 13.8 Å². The van der Waals surface area contributed by atoms with E-state index < -0.39 is 10.8 Å². The molecule has 0 radical (unpaired) electrons. The number of nitro benzene ring substituents is 1. The van der Waals surface area contributed by atoms with Crippen LogP contribution in [0.3, 0.4) is 0 Å². The van der Waals surface area contributed by atoms with Crippen LogP contribution in [0.2, 0.25) is 0 Å². The van der Waals surface area contributed by atoms with Gasteiger partial charge >= 0.3 is 0 Å². The van der Waals surface area contributed by atoms with Crippen molar-refractivity contribution in [1.29, 1.82) is 0 Å². The molecule has 1 saturated heterocycles. The second-order valence-corrected chi connectivity index (χ2v) is 6.26. The van der Waals surface area contributed by atoms with Crippen molar-refractivity contribution in [2.24, 2.45) is 0 Å². The van der Waals surface area contributed by atoms with Gasteiger partial charge in [-0.15, -0.1) is 0 Å². The molecular weight excluding hydrogens is 280 g/mol. The fourth-order valence-corrected chi connectivity index (χ4v) is 3.33. The van der Waals surface area contributed by atoms with E-state index in [-0.39, 0.29) is 28.3 Å². The largest absolute Gasteiger partial charge is 0.508 e. The highest BCUT2D eigenvalue weighted by atomic mass is 32.2. The minimum atomic E-state index is -0.598. The van der Waals surface area contributed by atoms with Crippen LogP contribution in [-0.2, 0) is 0 Å². The van der Waals surface area contributed by atoms with Crippen molar-refractivity contribution in [2.75, 3.05) is 12.3 Å².